The van der Waals surface area contributed by atoms with Gasteiger partial charge in [0.05, 0.1) is 11.5 Å². The number of rotatable bonds is 6. The van der Waals surface area contributed by atoms with Gasteiger partial charge < -0.3 is 4.74 Å². The Bertz CT molecular complexity index is 699. The number of sulfonamides is 1. The quantitative estimate of drug-likeness (QED) is 0.830. The fourth-order valence-corrected chi connectivity index (χ4v) is 2.75. The number of nitrogens with two attached hydrogens (primary N) is 1. The lowest BCUT2D eigenvalue weighted by Crippen LogP contribution is -2.13. The number of fused-ring (bicyclic) bond motifs is 1. The van der Waals surface area contributed by atoms with Crippen molar-refractivity contribution in [3.63, 3.8) is 0 Å². The summed E-state index contributed by atoms with van der Waals surface area (Å²) in [5.74, 6) is 0.587. The van der Waals surface area contributed by atoms with E-state index >= 15 is 0 Å². The van der Waals surface area contributed by atoms with E-state index in [0.717, 1.165) is 19.3 Å². The lowest BCUT2D eigenvalue weighted by atomic mass is 10.2. The predicted molar refractivity (Wildman–Crippen MR) is 78.1 cm³/mol. The van der Waals surface area contributed by atoms with Crippen molar-refractivity contribution in [1.29, 1.82) is 0 Å². The zero-order chi connectivity index (χ0) is 14.6. The Kier molecular flexibility index (Phi) is 4.57. The van der Waals surface area contributed by atoms with Crippen LogP contribution < -0.4 is 9.88 Å². The van der Waals surface area contributed by atoms with Gasteiger partial charge >= 0.3 is 0 Å². The van der Waals surface area contributed by atoms with Crippen LogP contribution in [0.15, 0.2) is 35.4 Å². The van der Waals surface area contributed by atoms with Crippen molar-refractivity contribution < 1.29 is 13.2 Å². The lowest BCUT2D eigenvalue weighted by molar-refractivity contribution is 0.309. The topological polar surface area (TPSA) is 82.3 Å². The third-order valence-corrected chi connectivity index (χ3v) is 3.97. The minimum absolute atomic E-state index is 0.0708. The highest BCUT2D eigenvalue weighted by molar-refractivity contribution is 7.89. The van der Waals surface area contributed by atoms with Gasteiger partial charge in [0.2, 0.25) is 10.0 Å². The highest BCUT2D eigenvalue weighted by Gasteiger charge is 2.15. The Morgan fingerprint density at radius 3 is 2.75 bits per heavy atom. The average Bonchev–Trinajstić information content (AvgIpc) is 2.42. The van der Waals surface area contributed by atoms with Gasteiger partial charge in [-0.3, -0.25) is 4.98 Å². The molecule has 0 aliphatic rings. The molecular weight excluding hydrogens is 276 g/mol. The van der Waals surface area contributed by atoms with Gasteiger partial charge in [-0.2, -0.15) is 0 Å². The molecule has 0 radical (unpaired) electrons. The second-order valence-corrected chi connectivity index (χ2v) is 6.09. The first kappa shape index (κ1) is 14.7. The van der Waals surface area contributed by atoms with E-state index in [1.54, 1.807) is 24.4 Å². The number of ether oxygens (including phenoxy) is 1. The third kappa shape index (κ3) is 3.26. The first-order valence-corrected chi connectivity index (χ1v) is 8.12. The third-order valence-electron chi connectivity index (χ3n) is 3.00. The van der Waals surface area contributed by atoms with Crippen molar-refractivity contribution in [3.8, 4) is 5.75 Å². The van der Waals surface area contributed by atoms with E-state index in [-0.39, 0.29) is 4.90 Å². The van der Waals surface area contributed by atoms with E-state index in [0.29, 0.717) is 23.3 Å². The predicted octanol–water partition coefficient (Wildman–Crippen LogP) is 2.45. The first-order valence-electron chi connectivity index (χ1n) is 6.57. The van der Waals surface area contributed by atoms with Crippen LogP contribution in [0.25, 0.3) is 10.9 Å². The molecule has 0 atom stereocenters. The molecule has 0 aliphatic heterocycles. The summed E-state index contributed by atoms with van der Waals surface area (Å²) in [6.07, 6.45) is 4.78. The number of primary sulfonamides is 1. The van der Waals surface area contributed by atoms with Crippen molar-refractivity contribution in [1.82, 2.24) is 4.98 Å². The summed E-state index contributed by atoms with van der Waals surface area (Å²) < 4.78 is 28.8. The van der Waals surface area contributed by atoms with Crippen LogP contribution in [0.5, 0.6) is 5.75 Å². The molecule has 2 rings (SSSR count). The molecule has 0 amide bonds. The molecular formula is C14H18N2O3S. The molecule has 108 valence electrons. The van der Waals surface area contributed by atoms with E-state index in [4.69, 9.17) is 9.88 Å². The van der Waals surface area contributed by atoms with E-state index in [9.17, 15) is 8.42 Å². The van der Waals surface area contributed by atoms with E-state index < -0.39 is 10.0 Å². The van der Waals surface area contributed by atoms with Crippen LogP contribution in [0.3, 0.4) is 0 Å². The minimum atomic E-state index is -3.77. The van der Waals surface area contributed by atoms with E-state index in [2.05, 4.69) is 11.9 Å². The maximum absolute atomic E-state index is 11.6. The van der Waals surface area contributed by atoms with Crippen molar-refractivity contribution in [2.24, 2.45) is 5.14 Å². The standard InChI is InChI=1S/C14H18N2O3S/c1-2-3-4-10-19-12-7-8-13(20(15,17)18)11-6-5-9-16-14(11)12/h5-9H,2-4,10H2,1H3,(H2,15,17,18). The Balaban J connectivity index is 2.39. The Morgan fingerprint density at radius 2 is 2.05 bits per heavy atom. The summed E-state index contributed by atoms with van der Waals surface area (Å²) in [4.78, 5) is 4.28. The first-order chi connectivity index (χ1) is 9.54. The number of unbranched alkanes of at least 4 members (excludes halogenated alkanes) is 2. The molecule has 2 aromatic rings. The Labute approximate surface area is 118 Å². The van der Waals surface area contributed by atoms with Crippen LogP contribution in [-0.4, -0.2) is 20.0 Å². The number of pyridine rings is 1. The molecule has 0 saturated carbocycles. The molecule has 1 aromatic heterocycles. The number of benzene rings is 1. The molecule has 5 nitrogen and oxygen atoms in total. The van der Waals surface area contributed by atoms with Gasteiger partial charge in [-0.1, -0.05) is 19.8 Å². The van der Waals surface area contributed by atoms with Gasteiger partial charge in [-0.05, 0) is 30.7 Å². The summed E-state index contributed by atoms with van der Waals surface area (Å²) in [6.45, 7) is 2.71. The lowest BCUT2D eigenvalue weighted by Gasteiger charge is -2.10. The Hall–Kier alpha value is -1.66. The average molecular weight is 294 g/mol. The van der Waals surface area contributed by atoms with Gasteiger partial charge in [0.1, 0.15) is 11.3 Å². The van der Waals surface area contributed by atoms with Crippen molar-refractivity contribution in [2.45, 2.75) is 31.1 Å². The van der Waals surface area contributed by atoms with Crippen LogP contribution in [0, 0.1) is 0 Å². The molecule has 20 heavy (non-hydrogen) atoms. The van der Waals surface area contributed by atoms with Gasteiger partial charge in [-0.25, -0.2) is 13.6 Å². The maximum atomic E-state index is 11.6. The van der Waals surface area contributed by atoms with Crippen LogP contribution in [0.2, 0.25) is 0 Å². The Morgan fingerprint density at radius 1 is 1.25 bits per heavy atom. The molecule has 0 saturated heterocycles. The molecule has 1 aromatic carbocycles. The zero-order valence-electron chi connectivity index (χ0n) is 11.4. The van der Waals surface area contributed by atoms with Crippen molar-refractivity contribution in [3.05, 3.63) is 30.5 Å². The molecule has 2 N–H and O–H groups in total. The van der Waals surface area contributed by atoms with Crippen LogP contribution in [0.4, 0.5) is 0 Å². The summed E-state index contributed by atoms with van der Waals surface area (Å²) in [5, 5.41) is 5.71. The number of hydrogen-bond acceptors (Lipinski definition) is 4. The van der Waals surface area contributed by atoms with Gasteiger partial charge in [0, 0.05) is 11.6 Å². The highest BCUT2D eigenvalue weighted by Crippen LogP contribution is 2.28. The fourth-order valence-electron chi connectivity index (χ4n) is 2.02. The van der Waals surface area contributed by atoms with Crippen molar-refractivity contribution >= 4 is 20.9 Å². The molecule has 0 aliphatic carbocycles. The van der Waals surface area contributed by atoms with E-state index in [1.807, 2.05) is 0 Å². The summed E-state index contributed by atoms with van der Waals surface area (Å²) >= 11 is 0. The molecule has 0 spiro atoms. The molecule has 0 bridgehead atoms. The van der Waals surface area contributed by atoms with Gasteiger partial charge in [0.15, 0.2) is 0 Å². The summed E-state index contributed by atoms with van der Waals surface area (Å²) in [7, 11) is -3.77. The van der Waals surface area contributed by atoms with Gasteiger partial charge in [-0.15, -0.1) is 0 Å². The SMILES string of the molecule is CCCCCOc1ccc(S(N)(=O)=O)c2cccnc12. The zero-order valence-corrected chi connectivity index (χ0v) is 12.2. The fraction of sp³-hybridized carbons (Fsp3) is 0.357. The second-order valence-electron chi connectivity index (χ2n) is 4.56. The molecule has 6 heteroatoms. The number of aromatic nitrogens is 1. The molecule has 0 unspecified atom stereocenters. The summed E-state index contributed by atoms with van der Waals surface area (Å²) in [5.41, 5.74) is 0.524. The second kappa shape index (κ2) is 6.19. The number of nitrogens with zero attached hydrogens (tertiary/aromatic N) is 1. The molecule has 0 fully saturated rings. The largest absolute Gasteiger partial charge is 0.491 e. The van der Waals surface area contributed by atoms with Crippen LogP contribution in [0.1, 0.15) is 26.2 Å². The monoisotopic (exact) mass is 294 g/mol. The van der Waals surface area contributed by atoms with Gasteiger partial charge in [0.25, 0.3) is 0 Å². The van der Waals surface area contributed by atoms with Crippen LogP contribution in [-0.2, 0) is 10.0 Å². The summed E-state index contributed by atoms with van der Waals surface area (Å²) in [6, 6.07) is 6.44. The normalized spacial score (nSPS) is 11.7. The molecule has 1 heterocycles. The van der Waals surface area contributed by atoms with Crippen LogP contribution >= 0.6 is 0 Å². The van der Waals surface area contributed by atoms with Crippen molar-refractivity contribution in [2.75, 3.05) is 6.61 Å². The smallest absolute Gasteiger partial charge is 0.238 e. The van der Waals surface area contributed by atoms with E-state index in [1.165, 1.54) is 6.07 Å². The maximum Gasteiger partial charge on any atom is 0.238 e. The highest BCUT2D eigenvalue weighted by atomic mass is 32.2. The number of hydrogen-bond donors (Lipinski definition) is 1. The minimum Gasteiger partial charge on any atom is -0.491 e.